The molecule has 0 bridgehead atoms. The number of nitrogens with one attached hydrogen (secondary N) is 1. The van der Waals surface area contributed by atoms with Gasteiger partial charge in [0, 0.05) is 6.07 Å². The van der Waals surface area contributed by atoms with Gasteiger partial charge in [-0.15, -0.1) is 0 Å². The summed E-state index contributed by atoms with van der Waals surface area (Å²) in [5, 5.41) is 8.26. The molecule has 1 N–H and O–H groups in total. The van der Waals surface area contributed by atoms with Gasteiger partial charge in [0.25, 0.3) is 0 Å². The Morgan fingerprint density at radius 2 is 1.90 bits per heavy atom. The number of aryl methyl sites for hydroxylation is 3. The third-order valence-corrected chi connectivity index (χ3v) is 5.60. The van der Waals surface area contributed by atoms with E-state index in [2.05, 4.69) is 36.4 Å². The Labute approximate surface area is 173 Å². The predicted molar refractivity (Wildman–Crippen MR) is 116 cm³/mol. The van der Waals surface area contributed by atoms with Crippen molar-refractivity contribution in [3.05, 3.63) is 64.8 Å². The number of ether oxygens (including phenoxy) is 1. The molecule has 0 unspecified atom stereocenters. The monoisotopic (exact) mass is 406 g/mol. The van der Waals surface area contributed by atoms with Crippen molar-refractivity contribution in [1.29, 1.82) is 0 Å². The first-order valence-electron chi connectivity index (χ1n) is 9.30. The molecule has 0 aliphatic heterocycles. The van der Waals surface area contributed by atoms with Gasteiger partial charge in [-0.1, -0.05) is 29.5 Å². The van der Waals surface area contributed by atoms with Crippen LogP contribution in [0.5, 0.6) is 5.75 Å². The summed E-state index contributed by atoms with van der Waals surface area (Å²) in [6.45, 7) is 6.04. The van der Waals surface area contributed by atoms with Gasteiger partial charge in [0.05, 0.1) is 29.4 Å². The lowest BCUT2D eigenvalue weighted by molar-refractivity contribution is -0.115. The highest BCUT2D eigenvalue weighted by Crippen LogP contribution is 2.30. The number of aromatic nitrogens is 3. The lowest BCUT2D eigenvalue weighted by Crippen LogP contribution is -2.17. The van der Waals surface area contributed by atoms with Crippen molar-refractivity contribution in [2.24, 2.45) is 0 Å². The second-order valence-electron chi connectivity index (χ2n) is 7.08. The van der Waals surface area contributed by atoms with Crippen molar-refractivity contribution in [3.63, 3.8) is 0 Å². The lowest BCUT2D eigenvalue weighted by Gasteiger charge is -2.07. The van der Waals surface area contributed by atoms with E-state index in [-0.39, 0.29) is 12.3 Å². The highest BCUT2D eigenvalue weighted by molar-refractivity contribution is 7.20. The fourth-order valence-electron chi connectivity index (χ4n) is 3.30. The molecule has 0 aliphatic carbocycles. The van der Waals surface area contributed by atoms with Crippen molar-refractivity contribution < 1.29 is 9.53 Å². The minimum Gasteiger partial charge on any atom is -0.497 e. The molecule has 29 heavy (non-hydrogen) atoms. The molecule has 7 heteroatoms. The molecule has 0 saturated carbocycles. The number of anilines is 1. The van der Waals surface area contributed by atoms with E-state index in [0.29, 0.717) is 5.82 Å². The molecular weight excluding hydrogens is 384 g/mol. The van der Waals surface area contributed by atoms with Gasteiger partial charge < -0.3 is 10.1 Å². The Hall–Kier alpha value is -3.19. The fourth-order valence-corrected chi connectivity index (χ4v) is 4.41. The van der Waals surface area contributed by atoms with Gasteiger partial charge in [-0.3, -0.25) is 4.79 Å². The maximum absolute atomic E-state index is 12.6. The standard InChI is InChI=1S/C22H22N4O2S/c1-13-9-14(2)21-18(10-13)29-22(24-21)26-19(11-15(3)25-26)23-20(27)12-16-5-7-17(28-4)8-6-16/h5-11H,12H2,1-4H3,(H,23,27). The average Bonchev–Trinajstić information content (AvgIpc) is 3.25. The van der Waals surface area contributed by atoms with Gasteiger partial charge >= 0.3 is 0 Å². The number of hydrogen-bond donors (Lipinski definition) is 1. The number of benzene rings is 2. The summed E-state index contributed by atoms with van der Waals surface area (Å²) in [6.07, 6.45) is 0.270. The number of carbonyl (C=O) groups is 1. The Balaban J connectivity index is 1.59. The van der Waals surface area contributed by atoms with E-state index in [0.717, 1.165) is 37.9 Å². The van der Waals surface area contributed by atoms with Gasteiger partial charge in [0.2, 0.25) is 11.0 Å². The van der Waals surface area contributed by atoms with Gasteiger partial charge in [-0.2, -0.15) is 9.78 Å². The molecule has 0 radical (unpaired) electrons. The van der Waals surface area contributed by atoms with E-state index in [4.69, 9.17) is 9.72 Å². The van der Waals surface area contributed by atoms with Crippen molar-refractivity contribution in [1.82, 2.24) is 14.8 Å². The van der Waals surface area contributed by atoms with Crippen LogP contribution in [-0.2, 0) is 11.2 Å². The zero-order chi connectivity index (χ0) is 20.5. The summed E-state index contributed by atoms with van der Waals surface area (Å²) < 4.78 is 7.98. The topological polar surface area (TPSA) is 69.0 Å². The molecule has 2 aromatic carbocycles. The number of amides is 1. The lowest BCUT2D eigenvalue weighted by atomic mass is 10.1. The van der Waals surface area contributed by atoms with Gasteiger partial charge in [0.15, 0.2) is 0 Å². The van der Waals surface area contributed by atoms with Crippen LogP contribution in [0.2, 0.25) is 0 Å². The van der Waals surface area contributed by atoms with Gasteiger partial charge in [-0.05, 0) is 55.7 Å². The normalized spacial score (nSPS) is 11.0. The van der Waals surface area contributed by atoms with Crippen molar-refractivity contribution in [2.75, 3.05) is 12.4 Å². The molecule has 2 heterocycles. The largest absolute Gasteiger partial charge is 0.497 e. The average molecular weight is 407 g/mol. The van der Waals surface area contributed by atoms with Crippen molar-refractivity contribution >= 4 is 33.3 Å². The van der Waals surface area contributed by atoms with Gasteiger partial charge in [0.1, 0.15) is 11.6 Å². The quantitative estimate of drug-likeness (QED) is 0.526. The highest BCUT2D eigenvalue weighted by Gasteiger charge is 2.16. The molecule has 148 valence electrons. The van der Waals surface area contributed by atoms with E-state index in [1.165, 1.54) is 5.56 Å². The minimum atomic E-state index is -0.107. The molecule has 1 amide bonds. The van der Waals surface area contributed by atoms with Crippen molar-refractivity contribution in [2.45, 2.75) is 27.2 Å². The Kier molecular flexibility index (Phi) is 5.07. The maximum atomic E-state index is 12.6. The maximum Gasteiger partial charge on any atom is 0.229 e. The van der Waals surface area contributed by atoms with Crippen LogP contribution in [0.15, 0.2) is 42.5 Å². The highest BCUT2D eigenvalue weighted by atomic mass is 32.1. The number of methoxy groups -OCH3 is 1. The molecule has 4 rings (SSSR count). The number of rotatable bonds is 5. The summed E-state index contributed by atoms with van der Waals surface area (Å²) in [7, 11) is 1.62. The first kappa shape index (κ1) is 19.1. The zero-order valence-corrected chi connectivity index (χ0v) is 17.6. The minimum absolute atomic E-state index is 0.107. The van der Waals surface area contributed by atoms with Crippen LogP contribution in [0.3, 0.4) is 0 Å². The molecule has 0 fully saturated rings. The van der Waals surface area contributed by atoms with Crippen LogP contribution in [-0.4, -0.2) is 27.8 Å². The Morgan fingerprint density at radius 1 is 1.14 bits per heavy atom. The first-order valence-corrected chi connectivity index (χ1v) is 10.1. The summed E-state index contributed by atoms with van der Waals surface area (Å²) in [4.78, 5) is 17.4. The van der Waals surface area contributed by atoms with Crippen LogP contribution < -0.4 is 10.1 Å². The second-order valence-corrected chi connectivity index (χ2v) is 8.09. The molecule has 0 atom stereocenters. The van der Waals surface area contributed by atoms with Crippen LogP contribution in [0, 0.1) is 20.8 Å². The fraction of sp³-hybridized carbons (Fsp3) is 0.227. The summed E-state index contributed by atoms with van der Waals surface area (Å²) in [5.41, 5.74) is 5.04. The molecule has 4 aromatic rings. The first-order chi connectivity index (χ1) is 13.9. The summed E-state index contributed by atoms with van der Waals surface area (Å²) >= 11 is 1.57. The third-order valence-electron chi connectivity index (χ3n) is 4.62. The number of hydrogen-bond acceptors (Lipinski definition) is 5. The number of thiazole rings is 1. The van der Waals surface area contributed by atoms with Gasteiger partial charge in [-0.25, -0.2) is 4.98 Å². The van der Waals surface area contributed by atoms with Crippen molar-refractivity contribution in [3.8, 4) is 10.9 Å². The molecule has 2 aromatic heterocycles. The molecule has 0 spiro atoms. The van der Waals surface area contributed by atoms with E-state index < -0.39 is 0 Å². The zero-order valence-electron chi connectivity index (χ0n) is 16.8. The van der Waals surface area contributed by atoms with Crippen LogP contribution in [0.25, 0.3) is 15.3 Å². The molecule has 0 aliphatic rings. The van der Waals surface area contributed by atoms with E-state index >= 15 is 0 Å². The predicted octanol–water partition coefficient (Wildman–Crippen LogP) is 4.60. The smallest absolute Gasteiger partial charge is 0.229 e. The molecular formula is C22H22N4O2S. The molecule has 6 nitrogen and oxygen atoms in total. The third kappa shape index (κ3) is 4.00. The molecule has 0 saturated heterocycles. The van der Waals surface area contributed by atoms with E-state index in [9.17, 15) is 4.79 Å². The Bertz CT molecular complexity index is 1190. The Morgan fingerprint density at radius 3 is 2.62 bits per heavy atom. The number of nitrogens with zero attached hydrogens (tertiary/aromatic N) is 3. The number of fused-ring (bicyclic) bond motifs is 1. The summed E-state index contributed by atoms with van der Waals surface area (Å²) in [6, 6.07) is 13.6. The van der Waals surface area contributed by atoms with E-state index in [1.54, 1.807) is 23.1 Å². The summed E-state index contributed by atoms with van der Waals surface area (Å²) in [5.74, 6) is 1.28. The van der Waals surface area contributed by atoms with Crippen LogP contribution >= 0.6 is 11.3 Å². The van der Waals surface area contributed by atoms with Crippen LogP contribution in [0.1, 0.15) is 22.4 Å². The van der Waals surface area contributed by atoms with Crippen LogP contribution in [0.4, 0.5) is 5.82 Å². The number of carbonyl (C=O) groups excluding carboxylic acids is 1. The SMILES string of the molecule is COc1ccc(CC(=O)Nc2cc(C)nn2-c2nc3c(C)cc(C)cc3s2)cc1. The second kappa shape index (κ2) is 7.67. The van der Waals surface area contributed by atoms with E-state index in [1.807, 2.05) is 37.3 Å².